The number of alkyl halides is 6. The van der Waals surface area contributed by atoms with Crippen LogP contribution in [0.25, 0.3) is 0 Å². The Morgan fingerprint density at radius 1 is 1.00 bits per heavy atom. The Labute approximate surface area is 198 Å². The molecule has 0 radical (unpaired) electrons. The number of hydrogen-bond donors (Lipinski definition) is 2. The molecule has 2 aliphatic heterocycles. The summed E-state index contributed by atoms with van der Waals surface area (Å²) in [5.41, 5.74) is 0.281. The molecule has 2 aliphatic rings. The quantitative estimate of drug-likeness (QED) is 0.581. The first-order valence-corrected chi connectivity index (χ1v) is 11.1. The van der Waals surface area contributed by atoms with Crippen LogP contribution in [-0.2, 0) is 19.0 Å². The molecule has 0 unspecified atom stereocenters. The van der Waals surface area contributed by atoms with Gasteiger partial charge in [-0.05, 0) is 30.7 Å². The Kier molecular flexibility index (Phi) is 6.65. The average Bonchev–Trinajstić information content (AvgIpc) is 3.01. The number of aromatic nitrogens is 3. The van der Waals surface area contributed by atoms with Crippen LogP contribution in [0.5, 0.6) is 0 Å². The van der Waals surface area contributed by atoms with Crippen LogP contribution in [0.4, 0.5) is 38.0 Å². The number of fused-ring (bicyclic) bond motifs is 1. The van der Waals surface area contributed by atoms with Crippen LogP contribution in [0.3, 0.4) is 0 Å². The Hall–Kier alpha value is -3.31. The summed E-state index contributed by atoms with van der Waals surface area (Å²) >= 11 is 0. The highest BCUT2D eigenvalue weighted by Crippen LogP contribution is 2.36. The summed E-state index contributed by atoms with van der Waals surface area (Å²) in [6.45, 7) is 4.29. The molecular weight excluding hydrogens is 474 g/mol. The molecule has 2 aromatic rings. The molecule has 0 atom stereocenters. The normalized spacial score (nSPS) is 16.8. The van der Waals surface area contributed by atoms with Crippen LogP contribution >= 0.6 is 0 Å². The first-order valence-electron chi connectivity index (χ1n) is 11.1. The van der Waals surface area contributed by atoms with E-state index in [1.54, 1.807) is 4.90 Å². The van der Waals surface area contributed by atoms with Crippen molar-refractivity contribution in [2.75, 3.05) is 29.9 Å². The summed E-state index contributed by atoms with van der Waals surface area (Å²) in [6, 6.07) is 2.27. The van der Waals surface area contributed by atoms with Crippen molar-refractivity contribution >= 4 is 11.6 Å². The van der Waals surface area contributed by atoms with Gasteiger partial charge in [0.2, 0.25) is 0 Å². The third-order valence-electron chi connectivity index (χ3n) is 5.77. The van der Waals surface area contributed by atoms with E-state index in [1.807, 2.05) is 13.8 Å². The first kappa shape index (κ1) is 24.8. The topological polar surface area (TPSA) is 66.0 Å². The average molecular weight is 498 g/mol. The van der Waals surface area contributed by atoms with Crippen molar-refractivity contribution in [2.24, 2.45) is 0 Å². The fourth-order valence-electron chi connectivity index (χ4n) is 3.99. The van der Waals surface area contributed by atoms with E-state index >= 15 is 0 Å². The lowest BCUT2D eigenvalue weighted by molar-refractivity contribution is -0.137. The molecule has 0 aromatic carbocycles. The molecule has 0 amide bonds. The van der Waals surface area contributed by atoms with Gasteiger partial charge < -0.3 is 15.5 Å². The van der Waals surface area contributed by atoms with Gasteiger partial charge in [0.15, 0.2) is 0 Å². The molecule has 35 heavy (non-hydrogen) atoms. The molecule has 2 N–H and O–H groups in total. The predicted octanol–water partition coefficient (Wildman–Crippen LogP) is 4.96. The van der Waals surface area contributed by atoms with Gasteiger partial charge in [-0.1, -0.05) is 13.8 Å². The Morgan fingerprint density at radius 2 is 1.74 bits per heavy atom. The lowest BCUT2D eigenvalue weighted by Gasteiger charge is -2.24. The van der Waals surface area contributed by atoms with Crippen LogP contribution < -0.4 is 15.5 Å². The summed E-state index contributed by atoms with van der Waals surface area (Å²) in [7, 11) is 0. The van der Waals surface area contributed by atoms with Crippen molar-refractivity contribution in [3.63, 3.8) is 0 Å². The molecule has 0 saturated heterocycles. The molecule has 4 rings (SSSR count). The smallest absolute Gasteiger partial charge is 0.375 e. The molecule has 6 nitrogen and oxygen atoms in total. The van der Waals surface area contributed by atoms with Crippen LogP contribution in [-0.4, -0.2) is 40.8 Å². The predicted molar refractivity (Wildman–Crippen MR) is 119 cm³/mol. The van der Waals surface area contributed by atoms with Gasteiger partial charge in [0.1, 0.15) is 23.2 Å². The van der Waals surface area contributed by atoms with E-state index in [9.17, 15) is 26.3 Å². The Morgan fingerprint density at radius 3 is 2.37 bits per heavy atom. The number of anilines is 2. The van der Waals surface area contributed by atoms with Crippen LogP contribution in [0.2, 0.25) is 0 Å². The maximum atomic E-state index is 13.5. The summed E-state index contributed by atoms with van der Waals surface area (Å²) < 4.78 is 79.4. The molecule has 0 spiro atoms. The highest BCUT2D eigenvalue weighted by Gasteiger charge is 2.36. The second kappa shape index (κ2) is 9.38. The van der Waals surface area contributed by atoms with Gasteiger partial charge >= 0.3 is 12.4 Å². The summed E-state index contributed by atoms with van der Waals surface area (Å²) in [5.74, 6) is 0.838. The van der Waals surface area contributed by atoms with Crippen LogP contribution in [0, 0.1) is 0 Å². The van der Waals surface area contributed by atoms with Crippen molar-refractivity contribution in [3.8, 4) is 0 Å². The minimum Gasteiger partial charge on any atom is -0.375 e. The minimum atomic E-state index is -4.54. The maximum absolute atomic E-state index is 13.5. The summed E-state index contributed by atoms with van der Waals surface area (Å²) in [4.78, 5) is 14.8. The van der Waals surface area contributed by atoms with E-state index in [1.165, 1.54) is 18.3 Å². The zero-order chi connectivity index (χ0) is 25.4. The summed E-state index contributed by atoms with van der Waals surface area (Å²) in [5, 5.41) is 5.46. The third kappa shape index (κ3) is 5.51. The number of rotatable bonds is 4. The SMILES string of the molecule is CC(C)c1nc2c(c(NC3=CC=C(C(F)(F)F)NC3)n1)CCN(c1ncccc1C(F)(F)F)CC2. The largest absolute Gasteiger partial charge is 0.430 e. The van der Waals surface area contributed by atoms with Crippen molar-refractivity contribution < 1.29 is 26.3 Å². The van der Waals surface area contributed by atoms with Gasteiger partial charge in [-0.15, -0.1) is 0 Å². The van der Waals surface area contributed by atoms with Crippen LogP contribution in [0.15, 0.2) is 41.9 Å². The van der Waals surface area contributed by atoms with E-state index in [2.05, 4.69) is 25.6 Å². The number of dihydropyridines is 1. The zero-order valence-corrected chi connectivity index (χ0v) is 19.1. The van der Waals surface area contributed by atoms with Gasteiger partial charge in [-0.3, -0.25) is 0 Å². The number of nitrogens with one attached hydrogen (secondary N) is 2. The molecule has 12 heteroatoms. The number of hydrogen-bond acceptors (Lipinski definition) is 6. The van der Waals surface area contributed by atoms with E-state index in [4.69, 9.17) is 0 Å². The van der Waals surface area contributed by atoms with Crippen molar-refractivity contribution in [1.29, 1.82) is 0 Å². The maximum Gasteiger partial charge on any atom is 0.430 e. The van der Waals surface area contributed by atoms with Crippen molar-refractivity contribution in [2.45, 2.75) is 45.0 Å². The monoisotopic (exact) mass is 498 g/mol. The molecule has 0 bridgehead atoms. The fourth-order valence-corrected chi connectivity index (χ4v) is 3.99. The molecule has 0 fully saturated rings. The third-order valence-corrected chi connectivity index (χ3v) is 5.77. The number of pyridine rings is 1. The highest BCUT2D eigenvalue weighted by atomic mass is 19.4. The first-order chi connectivity index (χ1) is 16.4. The molecular formula is C23H24F6N6. The van der Waals surface area contributed by atoms with Crippen LogP contribution in [0.1, 0.15) is 42.4 Å². The van der Waals surface area contributed by atoms with Gasteiger partial charge in [-0.25, -0.2) is 15.0 Å². The van der Waals surface area contributed by atoms with Gasteiger partial charge in [0.05, 0.1) is 17.8 Å². The number of halogens is 6. The van der Waals surface area contributed by atoms with E-state index < -0.39 is 23.6 Å². The van der Waals surface area contributed by atoms with E-state index in [0.29, 0.717) is 35.9 Å². The lowest BCUT2D eigenvalue weighted by atomic mass is 10.1. The molecule has 4 heterocycles. The number of allylic oxidation sites excluding steroid dienone is 3. The molecule has 2 aromatic heterocycles. The van der Waals surface area contributed by atoms with E-state index in [-0.39, 0.29) is 31.4 Å². The Bertz CT molecular complexity index is 1150. The second-order valence-corrected chi connectivity index (χ2v) is 8.62. The standard InChI is InChI=1S/C23H24F6N6/c1-13(2)19-33-17-8-11-35(21-16(22(24,25)26)4-3-9-30-21)10-7-15(17)20(34-19)32-14-5-6-18(31-12-14)23(27,28)29/h3-6,9,13,31H,7-8,10-12H2,1-2H3,(H,32,33,34). The molecule has 0 saturated carbocycles. The second-order valence-electron chi connectivity index (χ2n) is 8.62. The van der Waals surface area contributed by atoms with Gasteiger partial charge in [-0.2, -0.15) is 26.3 Å². The lowest BCUT2D eigenvalue weighted by Crippen LogP contribution is -2.31. The fraction of sp³-hybridized carbons (Fsp3) is 0.435. The van der Waals surface area contributed by atoms with E-state index in [0.717, 1.165) is 17.7 Å². The Balaban J connectivity index is 1.64. The minimum absolute atomic E-state index is 0.0250. The zero-order valence-electron chi connectivity index (χ0n) is 19.1. The highest BCUT2D eigenvalue weighted by molar-refractivity contribution is 5.55. The molecule has 0 aliphatic carbocycles. The number of nitrogens with zero attached hydrogens (tertiary/aromatic N) is 4. The van der Waals surface area contributed by atoms with Gasteiger partial charge in [0, 0.05) is 42.9 Å². The summed E-state index contributed by atoms with van der Waals surface area (Å²) in [6.07, 6.45) is -4.67. The van der Waals surface area contributed by atoms with Crippen molar-refractivity contribution in [1.82, 2.24) is 20.3 Å². The van der Waals surface area contributed by atoms with Gasteiger partial charge in [0.25, 0.3) is 0 Å². The molecule has 188 valence electrons. The van der Waals surface area contributed by atoms with Crippen molar-refractivity contribution in [3.05, 3.63) is 64.5 Å².